The molecular weight excluding hydrogens is 454 g/mol. The van der Waals surface area contributed by atoms with E-state index in [9.17, 15) is 13.2 Å². The van der Waals surface area contributed by atoms with Gasteiger partial charge in [0.25, 0.3) is 0 Å². The molecule has 3 rings (SSSR count). The molecular formula is C18H15Cl3F3N3O2. The fourth-order valence-electron chi connectivity index (χ4n) is 2.96. The van der Waals surface area contributed by atoms with Crippen molar-refractivity contribution in [3.8, 4) is 17.2 Å². The van der Waals surface area contributed by atoms with Crippen LogP contribution in [0.3, 0.4) is 0 Å². The van der Waals surface area contributed by atoms with Crippen LogP contribution in [0.1, 0.15) is 19.3 Å². The van der Waals surface area contributed by atoms with E-state index < -0.39 is 17.8 Å². The summed E-state index contributed by atoms with van der Waals surface area (Å²) in [6.07, 6.45) is -2.11. The average Bonchev–Trinajstić information content (AvgIpc) is 2.64. The van der Waals surface area contributed by atoms with Crippen LogP contribution in [0.5, 0.6) is 17.2 Å². The maximum atomic E-state index is 12.7. The Balaban J connectivity index is 0.00000300. The lowest BCUT2D eigenvalue weighted by Crippen LogP contribution is -3.00. The van der Waals surface area contributed by atoms with Crippen LogP contribution >= 0.6 is 23.2 Å². The monoisotopic (exact) mass is 467 g/mol. The van der Waals surface area contributed by atoms with E-state index in [4.69, 9.17) is 33.3 Å². The van der Waals surface area contributed by atoms with Gasteiger partial charge in [-0.05, 0) is 37.5 Å². The molecule has 11 heteroatoms. The van der Waals surface area contributed by atoms with Crippen LogP contribution in [0, 0.1) is 5.39 Å². The molecule has 156 valence electrons. The summed E-state index contributed by atoms with van der Waals surface area (Å²) in [5, 5.41) is 9.81. The number of hydrogen-bond donors (Lipinski definition) is 0. The van der Waals surface area contributed by atoms with Crippen molar-refractivity contribution in [2.75, 3.05) is 18.0 Å². The molecule has 5 nitrogen and oxygen atoms in total. The minimum atomic E-state index is -4.93. The number of benzene rings is 2. The second-order valence-corrected chi connectivity index (χ2v) is 7.00. The van der Waals surface area contributed by atoms with Gasteiger partial charge in [0.15, 0.2) is 10.7 Å². The van der Waals surface area contributed by atoms with Gasteiger partial charge in [-0.1, -0.05) is 23.2 Å². The summed E-state index contributed by atoms with van der Waals surface area (Å²) in [6.45, 7) is 1.29. The van der Waals surface area contributed by atoms with E-state index in [1.165, 1.54) is 12.1 Å². The molecule has 1 heterocycles. The second kappa shape index (κ2) is 9.61. The van der Waals surface area contributed by atoms with Gasteiger partial charge in [-0.25, -0.2) is 0 Å². The van der Waals surface area contributed by atoms with Crippen molar-refractivity contribution in [2.45, 2.75) is 25.6 Å². The topological polar surface area (TPSA) is 49.8 Å². The van der Waals surface area contributed by atoms with E-state index in [-0.39, 0.29) is 28.9 Å². The van der Waals surface area contributed by atoms with Gasteiger partial charge in [0.2, 0.25) is 11.1 Å². The molecule has 0 unspecified atom stereocenters. The molecule has 0 aliphatic carbocycles. The van der Waals surface area contributed by atoms with Gasteiger partial charge in [-0.3, -0.25) is 0 Å². The molecule has 1 aliphatic heterocycles. The van der Waals surface area contributed by atoms with E-state index >= 15 is 0 Å². The Labute approximate surface area is 181 Å². The molecule has 0 amide bonds. The van der Waals surface area contributed by atoms with E-state index in [0.717, 1.165) is 25.3 Å². The van der Waals surface area contributed by atoms with Gasteiger partial charge in [0.1, 0.15) is 5.75 Å². The Hall–Kier alpha value is -2.08. The fraction of sp³-hybridized carbons (Fsp3) is 0.333. The Kier molecular flexibility index (Phi) is 7.69. The van der Waals surface area contributed by atoms with Crippen LogP contribution in [0.25, 0.3) is 4.98 Å². The highest BCUT2D eigenvalue weighted by molar-refractivity contribution is 6.35. The summed E-state index contributed by atoms with van der Waals surface area (Å²) < 4.78 is 48.1. The van der Waals surface area contributed by atoms with Gasteiger partial charge >= 0.3 is 12.0 Å². The number of rotatable bonds is 4. The molecule has 0 aromatic heterocycles. The molecule has 2 aromatic carbocycles. The first-order chi connectivity index (χ1) is 13.3. The third-order valence-corrected chi connectivity index (χ3v) is 4.72. The van der Waals surface area contributed by atoms with Crippen LogP contribution in [0.4, 0.5) is 24.5 Å². The van der Waals surface area contributed by atoms with Crippen LogP contribution in [-0.4, -0.2) is 19.5 Å². The number of piperidine rings is 1. The lowest BCUT2D eigenvalue weighted by Gasteiger charge is -2.30. The highest BCUT2D eigenvalue weighted by Crippen LogP contribution is 2.45. The smallest absolute Gasteiger partial charge is 0.573 e. The molecule has 0 atom stereocenters. The normalized spacial score (nSPS) is 14.0. The molecule has 1 fully saturated rings. The lowest BCUT2D eigenvalue weighted by molar-refractivity contribution is -0.274. The van der Waals surface area contributed by atoms with Crippen LogP contribution in [0.15, 0.2) is 30.3 Å². The Morgan fingerprint density at radius 1 is 0.966 bits per heavy atom. The highest BCUT2D eigenvalue weighted by Gasteiger charge is 2.36. The number of halogens is 6. The Morgan fingerprint density at radius 3 is 2.24 bits per heavy atom. The van der Waals surface area contributed by atoms with Crippen molar-refractivity contribution in [2.24, 2.45) is 0 Å². The Bertz CT molecular complexity index is 914. The van der Waals surface area contributed by atoms with Crippen LogP contribution in [0.2, 0.25) is 10.0 Å². The van der Waals surface area contributed by atoms with Gasteiger partial charge in [0, 0.05) is 24.2 Å². The second-order valence-electron chi connectivity index (χ2n) is 6.16. The van der Waals surface area contributed by atoms with Crippen molar-refractivity contribution >= 4 is 34.6 Å². The summed E-state index contributed by atoms with van der Waals surface area (Å²) in [5.74, 6) is -0.170. The molecule has 2 aromatic rings. The predicted octanol–water partition coefficient (Wildman–Crippen LogP) is 4.16. The van der Waals surface area contributed by atoms with Gasteiger partial charge in [-0.2, -0.15) is 0 Å². The van der Waals surface area contributed by atoms with Gasteiger partial charge < -0.3 is 26.8 Å². The van der Waals surface area contributed by atoms with E-state index in [2.05, 4.69) is 9.71 Å². The summed E-state index contributed by atoms with van der Waals surface area (Å²) in [6, 6.07) is 6.93. The zero-order valence-electron chi connectivity index (χ0n) is 14.8. The zero-order chi connectivity index (χ0) is 20.3. The van der Waals surface area contributed by atoms with Crippen molar-refractivity contribution in [1.82, 2.24) is 0 Å². The summed E-state index contributed by atoms with van der Waals surface area (Å²) in [7, 11) is 0. The van der Waals surface area contributed by atoms with Crippen LogP contribution < -0.4 is 26.8 Å². The third-order valence-electron chi connectivity index (χ3n) is 4.18. The summed E-state index contributed by atoms with van der Waals surface area (Å²) in [4.78, 5) is 4.80. The molecule has 0 spiro atoms. The molecule has 0 radical (unpaired) electrons. The molecule has 0 saturated carbocycles. The minimum Gasteiger partial charge on any atom is -1.00 e. The first-order valence-electron chi connectivity index (χ1n) is 8.43. The first-order valence-corrected chi connectivity index (χ1v) is 9.19. The fourth-order valence-corrected chi connectivity index (χ4v) is 3.41. The van der Waals surface area contributed by atoms with E-state index in [1.54, 1.807) is 12.1 Å². The molecule has 1 saturated heterocycles. The van der Waals surface area contributed by atoms with Gasteiger partial charge in [0.05, 0.1) is 16.8 Å². The number of anilines is 1. The Morgan fingerprint density at radius 2 is 1.66 bits per heavy atom. The molecule has 0 bridgehead atoms. The maximum absolute atomic E-state index is 12.7. The number of alkyl halides is 3. The highest BCUT2D eigenvalue weighted by atomic mass is 35.5. The SMILES string of the molecule is N#[N+]c1cc(Oc2ccc(Cl)cc2Cl)c(N2CCCCC2)cc1OC(F)(F)F.[Cl-]. The number of ether oxygens (including phenoxy) is 2. The largest absolute Gasteiger partial charge is 1.00 e. The average molecular weight is 469 g/mol. The van der Waals surface area contributed by atoms with Crippen molar-refractivity contribution in [3.05, 3.63) is 45.4 Å². The van der Waals surface area contributed by atoms with Crippen molar-refractivity contribution in [1.29, 1.82) is 5.39 Å². The third kappa shape index (κ3) is 5.95. The quantitative estimate of drug-likeness (QED) is 0.632. The number of diazo groups is 1. The predicted molar refractivity (Wildman–Crippen MR) is 100 cm³/mol. The zero-order valence-corrected chi connectivity index (χ0v) is 17.1. The molecule has 0 N–H and O–H groups in total. The molecule has 29 heavy (non-hydrogen) atoms. The standard InChI is InChI=1S/C18H15Cl2F3N3O2.ClH/c19-11-4-5-15(12(20)8-11)27-17-9-13(25-24)16(28-18(21,22)23)10-14(17)26-6-2-1-3-7-26;/h4-5,8-10H,1-3,6-7H2;1H/q+1;/p-1. The summed E-state index contributed by atoms with van der Waals surface area (Å²) in [5.41, 5.74) is -0.0319. The maximum Gasteiger partial charge on any atom is 0.573 e. The summed E-state index contributed by atoms with van der Waals surface area (Å²) >= 11 is 12.0. The number of hydrogen-bond acceptors (Lipinski definition) is 4. The van der Waals surface area contributed by atoms with Crippen molar-refractivity contribution in [3.63, 3.8) is 0 Å². The van der Waals surface area contributed by atoms with Crippen LogP contribution in [-0.2, 0) is 0 Å². The minimum absolute atomic E-state index is 0. The number of nitrogens with zero attached hydrogens (tertiary/aromatic N) is 3. The molecule has 1 aliphatic rings. The van der Waals surface area contributed by atoms with E-state index in [0.29, 0.717) is 23.8 Å². The van der Waals surface area contributed by atoms with Gasteiger partial charge in [-0.15, -0.1) is 13.2 Å². The lowest BCUT2D eigenvalue weighted by atomic mass is 10.1. The van der Waals surface area contributed by atoms with E-state index in [1.807, 2.05) is 4.90 Å². The van der Waals surface area contributed by atoms with Crippen molar-refractivity contribution < 1.29 is 35.1 Å². The first kappa shape index (κ1) is 23.2.